The fourth-order valence-electron chi connectivity index (χ4n) is 4.66. The lowest BCUT2D eigenvalue weighted by Crippen LogP contribution is -2.53. The third kappa shape index (κ3) is 3.47. The van der Waals surface area contributed by atoms with Gasteiger partial charge in [-0.15, -0.1) is 12.4 Å². The lowest BCUT2D eigenvalue weighted by molar-refractivity contribution is -0.135. The predicted octanol–water partition coefficient (Wildman–Crippen LogP) is 1.98. The molecule has 1 atom stereocenters. The molecule has 0 aliphatic carbocycles. The van der Waals surface area contributed by atoms with Gasteiger partial charge in [0.1, 0.15) is 0 Å². The Morgan fingerprint density at radius 1 is 1.23 bits per heavy atom. The summed E-state index contributed by atoms with van der Waals surface area (Å²) >= 11 is 0. The molecule has 26 heavy (non-hydrogen) atoms. The van der Waals surface area contributed by atoms with Crippen LogP contribution in [0.5, 0.6) is 0 Å². The number of halogens is 1. The summed E-state index contributed by atoms with van der Waals surface area (Å²) in [4.78, 5) is 29.0. The van der Waals surface area contributed by atoms with Crippen LogP contribution in [0.3, 0.4) is 0 Å². The van der Waals surface area contributed by atoms with E-state index in [0.717, 1.165) is 52.0 Å². The Hall–Kier alpha value is -1.59. The first-order valence-electron chi connectivity index (χ1n) is 9.47. The summed E-state index contributed by atoms with van der Waals surface area (Å²) in [5.41, 5.74) is 2.69. The molecule has 142 valence electrons. The van der Waals surface area contributed by atoms with Crippen LogP contribution in [0.2, 0.25) is 0 Å². The summed E-state index contributed by atoms with van der Waals surface area (Å²) in [6.45, 7) is 6.05. The van der Waals surface area contributed by atoms with Crippen molar-refractivity contribution in [3.8, 4) is 0 Å². The number of carbonyl (C=O) groups excluding carboxylic acids is 2. The summed E-state index contributed by atoms with van der Waals surface area (Å²) in [7, 11) is 0. The van der Waals surface area contributed by atoms with E-state index in [1.54, 1.807) is 0 Å². The molecule has 0 unspecified atom stereocenters. The summed E-state index contributed by atoms with van der Waals surface area (Å²) in [5.74, 6) is 0.508. The third-order valence-corrected chi connectivity index (χ3v) is 6.30. The fourth-order valence-corrected chi connectivity index (χ4v) is 4.66. The van der Waals surface area contributed by atoms with Crippen LogP contribution >= 0.6 is 12.4 Å². The first-order chi connectivity index (χ1) is 12.1. The number of rotatable bonds is 2. The van der Waals surface area contributed by atoms with Gasteiger partial charge in [0.05, 0.1) is 6.04 Å². The van der Waals surface area contributed by atoms with Crippen LogP contribution in [0, 0.1) is 5.41 Å². The Morgan fingerprint density at radius 2 is 1.92 bits per heavy atom. The molecular formula is C20H28ClN3O2. The fraction of sp³-hybridized carbons (Fsp3) is 0.600. The van der Waals surface area contributed by atoms with Crippen molar-refractivity contribution in [3.63, 3.8) is 0 Å². The Kier molecular flexibility index (Phi) is 5.58. The van der Waals surface area contributed by atoms with E-state index in [1.807, 2.05) is 22.8 Å². The molecule has 2 amide bonds. The maximum Gasteiger partial charge on any atom is 0.240 e. The second kappa shape index (κ2) is 7.57. The molecule has 0 radical (unpaired) electrons. The summed E-state index contributed by atoms with van der Waals surface area (Å²) in [5, 5.41) is 3.40. The number of hydrogen-bond donors (Lipinski definition) is 1. The molecule has 3 aliphatic heterocycles. The number of nitrogens with one attached hydrogen (secondary N) is 1. The molecule has 1 N–H and O–H groups in total. The first-order valence-corrected chi connectivity index (χ1v) is 9.47. The van der Waals surface area contributed by atoms with Crippen molar-refractivity contribution in [1.29, 1.82) is 0 Å². The van der Waals surface area contributed by atoms with E-state index in [2.05, 4.69) is 23.5 Å². The maximum absolute atomic E-state index is 12.9. The van der Waals surface area contributed by atoms with E-state index in [1.165, 1.54) is 11.1 Å². The van der Waals surface area contributed by atoms with Crippen LogP contribution in [0.15, 0.2) is 24.3 Å². The van der Waals surface area contributed by atoms with Crippen molar-refractivity contribution < 1.29 is 9.59 Å². The maximum atomic E-state index is 12.9. The molecule has 3 heterocycles. The van der Waals surface area contributed by atoms with Gasteiger partial charge in [-0.25, -0.2) is 0 Å². The van der Waals surface area contributed by atoms with Gasteiger partial charge in [0.15, 0.2) is 0 Å². The number of hydrogen-bond acceptors (Lipinski definition) is 3. The van der Waals surface area contributed by atoms with Crippen LogP contribution in [-0.2, 0) is 22.6 Å². The molecule has 6 heteroatoms. The highest BCUT2D eigenvalue weighted by atomic mass is 35.5. The summed E-state index contributed by atoms with van der Waals surface area (Å²) in [6.07, 6.45) is 3.34. The van der Waals surface area contributed by atoms with Gasteiger partial charge >= 0.3 is 0 Å². The van der Waals surface area contributed by atoms with Gasteiger partial charge in [0, 0.05) is 44.6 Å². The quantitative estimate of drug-likeness (QED) is 0.857. The predicted molar refractivity (Wildman–Crippen MR) is 103 cm³/mol. The van der Waals surface area contributed by atoms with E-state index in [-0.39, 0.29) is 35.7 Å². The summed E-state index contributed by atoms with van der Waals surface area (Å²) in [6, 6.07) is 8.25. The topological polar surface area (TPSA) is 52.6 Å². The van der Waals surface area contributed by atoms with E-state index >= 15 is 0 Å². The average Bonchev–Trinajstić information content (AvgIpc) is 2.96. The Morgan fingerprint density at radius 3 is 2.58 bits per heavy atom. The highest BCUT2D eigenvalue weighted by Gasteiger charge is 2.45. The monoisotopic (exact) mass is 377 g/mol. The second-order valence-corrected chi connectivity index (χ2v) is 7.82. The Bertz CT molecular complexity index is 685. The van der Waals surface area contributed by atoms with Gasteiger partial charge in [0.25, 0.3) is 0 Å². The molecule has 1 aromatic carbocycles. The SMILES string of the molecule is CCN1CC2(CCN(C(=O)[C@H]3Cc4ccccc4CN3)CC2)CC1=O.Cl. The Balaban J connectivity index is 0.00000196. The standard InChI is InChI=1S/C20H27N3O2.ClH/c1-2-22-14-20(12-18(22)24)7-9-23(10-8-20)19(25)17-11-15-5-3-4-6-16(15)13-21-17;/h3-6,17,21H,2,7-14H2,1H3;1H/t17-;/m1./s1. The van der Waals surface area contributed by atoms with Crippen LogP contribution in [0.4, 0.5) is 0 Å². The highest BCUT2D eigenvalue weighted by Crippen LogP contribution is 2.41. The molecule has 2 saturated heterocycles. The zero-order valence-electron chi connectivity index (χ0n) is 15.4. The zero-order valence-corrected chi connectivity index (χ0v) is 16.2. The largest absolute Gasteiger partial charge is 0.342 e. The molecule has 0 aromatic heterocycles. The summed E-state index contributed by atoms with van der Waals surface area (Å²) < 4.78 is 0. The van der Waals surface area contributed by atoms with Crippen LogP contribution in [-0.4, -0.2) is 53.8 Å². The Labute approximate surface area is 161 Å². The third-order valence-electron chi connectivity index (χ3n) is 6.30. The van der Waals surface area contributed by atoms with Gasteiger partial charge in [-0.2, -0.15) is 0 Å². The van der Waals surface area contributed by atoms with Crippen LogP contribution in [0.25, 0.3) is 0 Å². The van der Waals surface area contributed by atoms with Gasteiger partial charge in [-0.05, 0) is 37.3 Å². The van der Waals surface area contributed by atoms with Gasteiger partial charge in [-0.3, -0.25) is 9.59 Å². The molecule has 4 rings (SSSR count). The zero-order chi connectivity index (χ0) is 17.4. The highest BCUT2D eigenvalue weighted by molar-refractivity contribution is 5.85. The lowest BCUT2D eigenvalue weighted by atomic mass is 9.77. The van der Waals surface area contributed by atoms with Crippen LogP contribution in [0.1, 0.15) is 37.3 Å². The molecule has 1 spiro atoms. The van der Waals surface area contributed by atoms with Crippen molar-refractivity contribution in [2.24, 2.45) is 5.41 Å². The minimum Gasteiger partial charge on any atom is -0.342 e. The van der Waals surface area contributed by atoms with Crippen molar-refractivity contribution in [3.05, 3.63) is 35.4 Å². The van der Waals surface area contributed by atoms with Gasteiger partial charge in [-0.1, -0.05) is 24.3 Å². The molecule has 5 nitrogen and oxygen atoms in total. The number of carbonyl (C=O) groups is 2. The van der Waals surface area contributed by atoms with Crippen molar-refractivity contribution in [1.82, 2.24) is 15.1 Å². The van der Waals surface area contributed by atoms with E-state index < -0.39 is 0 Å². The molecule has 3 aliphatic rings. The minimum atomic E-state index is -0.110. The van der Waals surface area contributed by atoms with Crippen molar-refractivity contribution in [2.75, 3.05) is 26.2 Å². The van der Waals surface area contributed by atoms with E-state index in [9.17, 15) is 9.59 Å². The lowest BCUT2D eigenvalue weighted by Gasteiger charge is -2.40. The van der Waals surface area contributed by atoms with Crippen molar-refractivity contribution in [2.45, 2.75) is 45.2 Å². The first kappa shape index (κ1) is 19.2. The van der Waals surface area contributed by atoms with E-state index in [4.69, 9.17) is 0 Å². The number of benzene rings is 1. The average molecular weight is 378 g/mol. The van der Waals surface area contributed by atoms with Gasteiger partial charge in [0.2, 0.25) is 11.8 Å². The van der Waals surface area contributed by atoms with E-state index in [0.29, 0.717) is 6.42 Å². The molecular weight excluding hydrogens is 350 g/mol. The van der Waals surface area contributed by atoms with Gasteiger partial charge < -0.3 is 15.1 Å². The minimum absolute atomic E-state index is 0. The molecule has 1 aromatic rings. The second-order valence-electron chi connectivity index (χ2n) is 7.82. The number of likely N-dealkylation sites (tertiary alicyclic amines) is 2. The molecule has 2 fully saturated rings. The number of piperidine rings is 1. The normalized spacial score (nSPS) is 24.3. The molecule has 0 saturated carbocycles. The number of nitrogens with zero attached hydrogens (tertiary/aromatic N) is 2. The number of fused-ring (bicyclic) bond motifs is 1. The van der Waals surface area contributed by atoms with Crippen LogP contribution < -0.4 is 5.32 Å². The van der Waals surface area contributed by atoms with Crippen molar-refractivity contribution >= 4 is 24.2 Å². The molecule has 0 bridgehead atoms. The number of amides is 2. The smallest absolute Gasteiger partial charge is 0.240 e.